The molecule has 0 saturated carbocycles. The summed E-state index contributed by atoms with van der Waals surface area (Å²) in [6.45, 7) is 6.71. The maximum absolute atomic E-state index is 12.5. The third kappa shape index (κ3) is 10.4. The van der Waals surface area contributed by atoms with Crippen molar-refractivity contribution in [2.45, 2.75) is 104 Å². The zero-order chi connectivity index (χ0) is 27.0. The van der Waals surface area contributed by atoms with Gasteiger partial charge in [0.25, 0.3) is 0 Å². The maximum Gasteiger partial charge on any atom is 0.363 e. The molecule has 3 rings (SSSR count). The number of aromatic nitrogens is 2. The Morgan fingerprint density at radius 1 is 0.737 bits per heavy atom. The van der Waals surface area contributed by atoms with Crippen molar-refractivity contribution in [1.29, 1.82) is 0 Å². The number of carbonyl (C=O) groups is 1. The van der Waals surface area contributed by atoms with Crippen molar-refractivity contribution in [3.8, 4) is 17.0 Å². The summed E-state index contributed by atoms with van der Waals surface area (Å²) in [5, 5.41) is 0. The van der Waals surface area contributed by atoms with E-state index in [1.807, 2.05) is 24.3 Å². The molecule has 0 radical (unpaired) electrons. The fraction of sp³-hybridized carbons (Fsp3) is 0.500. The van der Waals surface area contributed by atoms with E-state index in [2.05, 4.69) is 55.0 Å². The average Bonchev–Trinajstić information content (AvgIpc) is 2.95. The number of carbonyl (C=O) groups excluding carboxylic acids is 1. The first-order valence-electron chi connectivity index (χ1n) is 14.8. The van der Waals surface area contributed by atoms with Gasteiger partial charge < -0.3 is 4.74 Å². The molecule has 1 atom stereocenters. The highest BCUT2D eigenvalue weighted by Crippen LogP contribution is 2.20. The molecule has 0 bridgehead atoms. The number of unbranched alkanes of at least 4 members (excludes halogenated alkanes) is 9. The van der Waals surface area contributed by atoms with Crippen LogP contribution in [0.4, 0.5) is 0 Å². The van der Waals surface area contributed by atoms with E-state index in [1.165, 1.54) is 81.5 Å². The van der Waals surface area contributed by atoms with Gasteiger partial charge >= 0.3 is 5.97 Å². The topological polar surface area (TPSA) is 52.1 Å². The molecule has 2 aromatic carbocycles. The van der Waals surface area contributed by atoms with Crippen molar-refractivity contribution in [3.63, 3.8) is 0 Å². The van der Waals surface area contributed by atoms with E-state index in [9.17, 15) is 4.79 Å². The van der Waals surface area contributed by atoms with Crippen LogP contribution >= 0.6 is 0 Å². The molecule has 1 aromatic heterocycles. The quantitative estimate of drug-likeness (QED) is 0.102. The summed E-state index contributed by atoms with van der Waals surface area (Å²) in [6, 6.07) is 16.3. The van der Waals surface area contributed by atoms with Crippen LogP contribution in [0, 0.1) is 5.92 Å². The first-order valence-corrected chi connectivity index (χ1v) is 14.8. The molecule has 0 aliphatic carbocycles. The van der Waals surface area contributed by atoms with Crippen LogP contribution in [-0.4, -0.2) is 15.9 Å². The maximum atomic E-state index is 12.5. The number of rotatable bonds is 17. The van der Waals surface area contributed by atoms with Gasteiger partial charge in [0.15, 0.2) is 5.69 Å². The number of benzene rings is 2. The van der Waals surface area contributed by atoms with E-state index in [1.54, 1.807) is 6.20 Å². The Kier molecular flexibility index (Phi) is 13.0. The van der Waals surface area contributed by atoms with Crippen LogP contribution in [0.2, 0.25) is 0 Å². The number of esters is 1. The van der Waals surface area contributed by atoms with Gasteiger partial charge in [-0.1, -0.05) is 121 Å². The Morgan fingerprint density at radius 2 is 1.34 bits per heavy atom. The molecule has 0 N–H and O–H groups in total. The van der Waals surface area contributed by atoms with Gasteiger partial charge in [0.2, 0.25) is 0 Å². The molecule has 0 aliphatic rings. The van der Waals surface area contributed by atoms with E-state index in [-0.39, 0.29) is 5.69 Å². The Bertz CT molecular complexity index is 1060. The van der Waals surface area contributed by atoms with Gasteiger partial charge in [0.05, 0.1) is 18.1 Å². The van der Waals surface area contributed by atoms with Crippen molar-refractivity contribution in [2.75, 3.05) is 0 Å². The van der Waals surface area contributed by atoms with Gasteiger partial charge in [-0.3, -0.25) is 4.98 Å². The standard InChI is InChI=1S/C34H46N2O2/c1-4-6-7-8-9-10-11-12-13-14-15-28-16-20-30(21-17-28)32-25-36-33(26-35-32)34(37)38-31-22-18-29(19-23-31)24-27(3)5-2/h16-23,25-27H,4-15,24H2,1-3H3/t27-/m0/s1. The third-order valence-electron chi connectivity index (χ3n) is 7.34. The molecule has 38 heavy (non-hydrogen) atoms. The normalized spacial score (nSPS) is 11.9. The number of hydrogen-bond acceptors (Lipinski definition) is 4. The van der Waals surface area contributed by atoms with Crippen LogP contribution in [0.5, 0.6) is 5.75 Å². The van der Waals surface area contributed by atoms with Crippen molar-refractivity contribution in [3.05, 3.63) is 77.7 Å². The molecule has 4 heteroatoms. The van der Waals surface area contributed by atoms with Gasteiger partial charge in [-0.15, -0.1) is 0 Å². The third-order valence-corrected chi connectivity index (χ3v) is 7.34. The van der Waals surface area contributed by atoms with Gasteiger partial charge in [-0.25, -0.2) is 9.78 Å². The van der Waals surface area contributed by atoms with Gasteiger partial charge in [-0.05, 0) is 48.4 Å². The highest BCUT2D eigenvalue weighted by atomic mass is 16.5. The summed E-state index contributed by atoms with van der Waals surface area (Å²) >= 11 is 0. The lowest BCUT2D eigenvalue weighted by Gasteiger charge is -2.09. The average molecular weight is 515 g/mol. The largest absolute Gasteiger partial charge is 0.422 e. The highest BCUT2D eigenvalue weighted by Gasteiger charge is 2.12. The Hall–Kier alpha value is -3.01. The Labute approximate surface area is 230 Å². The van der Waals surface area contributed by atoms with Crippen molar-refractivity contribution < 1.29 is 9.53 Å². The second-order valence-electron chi connectivity index (χ2n) is 10.7. The molecule has 0 amide bonds. The summed E-state index contributed by atoms with van der Waals surface area (Å²) < 4.78 is 5.49. The van der Waals surface area contributed by atoms with E-state index < -0.39 is 5.97 Å². The monoisotopic (exact) mass is 514 g/mol. The van der Waals surface area contributed by atoms with E-state index in [0.717, 1.165) is 30.5 Å². The zero-order valence-corrected chi connectivity index (χ0v) is 23.8. The summed E-state index contributed by atoms with van der Waals surface area (Å²) in [6.07, 6.45) is 20.0. The van der Waals surface area contributed by atoms with Crippen molar-refractivity contribution in [1.82, 2.24) is 9.97 Å². The van der Waals surface area contributed by atoms with Crippen LogP contribution in [0.15, 0.2) is 60.9 Å². The SMILES string of the molecule is CCCCCCCCCCCCc1ccc(-c2cnc(C(=O)Oc3ccc(C[C@@H](C)CC)cc3)cn2)cc1. The van der Waals surface area contributed by atoms with Crippen LogP contribution in [0.3, 0.4) is 0 Å². The van der Waals surface area contributed by atoms with Crippen LogP contribution in [0.1, 0.15) is 113 Å². The fourth-order valence-electron chi connectivity index (χ4n) is 4.64. The highest BCUT2D eigenvalue weighted by molar-refractivity contribution is 5.88. The fourth-order valence-corrected chi connectivity index (χ4v) is 4.64. The summed E-state index contributed by atoms with van der Waals surface area (Å²) in [5.41, 5.74) is 4.56. The molecule has 0 fully saturated rings. The van der Waals surface area contributed by atoms with Gasteiger partial charge in [0, 0.05) is 5.56 Å². The minimum absolute atomic E-state index is 0.204. The first kappa shape index (κ1) is 29.5. The van der Waals surface area contributed by atoms with Gasteiger partial charge in [0.1, 0.15) is 5.75 Å². The first-order chi connectivity index (χ1) is 18.6. The lowest BCUT2D eigenvalue weighted by Crippen LogP contribution is -2.11. The zero-order valence-electron chi connectivity index (χ0n) is 23.8. The van der Waals surface area contributed by atoms with Gasteiger partial charge in [-0.2, -0.15) is 0 Å². The van der Waals surface area contributed by atoms with Crippen LogP contribution in [-0.2, 0) is 12.8 Å². The molecule has 4 nitrogen and oxygen atoms in total. The van der Waals surface area contributed by atoms with Crippen molar-refractivity contribution in [2.24, 2.45) is 5.92 Å². The van der Waals surface area contributed by atoms with E-state index >= 15 is 0 Å². The van der Waals surface area contributed by atoms with Crippen LogP contribution in [0.25, 0.3) is 11.3 Å². The second kappa shape index (κ2) is 16.8. The predicted octanol–water partition coefficient (Wildman–Crippen LogP) is 9.41. The predicted molar refractivity (Wildman–Crippen MR) is 158 cm³/mol. The second-order valence-corrected chi connectivity index (χ2v) is 10.7. The number of hydrogen-bond donors (Lipinski definition) is 0. The molecular formula is C34H46N2O2. The number of aryl methyl sites for hydroxylation is 1. The molecule has 1 heterocycles. The number of nitrogens with zero attached hydrogens (tertiary/aromatic N) is 2. The minimum atomic E-state index is -0.495. The summed E-state index contributed by atoms with van der Waals surface area (Å²) in [7, 11) is 0. The number of ether oxygens (including phenoxy) is 1. The molecule has 0 spiro atoms. The van der Waals surface area contributed by atoms with Crippen molar-refractivity contribution >= 4 is 5.97 Å². The molecule has 3 aromatic rings. The smallest absolute Gasteiger partial charge is 0.363 e. The molecule has 0 aliphatic heterocycles. The van der Waals surface area contributed by atoms with Crippen LogP contribution < -0.4 is 4.74 Å². The Balaban J connectivity index is 1.39. The van der Waals surface area contributed by atoms with E-state index in [0.29, 0.717) is 11.7 Å². The minimum Gasteiger partial charge on any atom is -0.422 e. The molecule has 204 valence electrons. The molecular weight excluding hydrogens is 468 g/mol. The summed E-state index contributed by atoms with van der Waals surface area (Å²) in [5.74, 6) is 0.662. The summed E-state index contributed by atoms with van der Waals surface area (Å²) in [4.78, 5) is 21.3. The molecule has 0 saturated heterocycles. The lowest BCUT2D eigenvalue weighted by molar-refractivity contribution is 0.0728. The Morgan fingerprint density at radius 3 is 1.92 bits per heavy atom. The molecule has 0 unspecified atom stereocenters. The van der Waals surface area contributed by atoms with E-state index in [4.69, 9.17) is 4.74 Å². The lowest BCUT2D eigenvalue weighted by atomic mass is 9.99.